The van der Waals surface area contributed by atoms with Gasteiger partial charge in [0.05, 0.1) is 0 Å². The number of aromatic hydroxyl groups is 3. The number of amides is 1. The minimum absolute atomic E-state index is 0.194. The van der Waals surface area contributed by atoms with Crippen LogP contribution in [-0.2, 0) is 6.54 Å². The first-order valence-electron chi connectivity index (χ1n) is 5.75. The summed E-state index contributed by atoms with van der Waals surface area (Å²) in [6.07, 6.45) is 0. The smallest absolute Gasteiger partial charge is 0.259 e. The number of phenols is 3. The lowest BCUT2D eigenvalue weighted by atomic mass is 10.1. The van der Waals surface area contributed by atoms with Crippen LogP contribution in [-0.4, -0.2) is 21.2 Å². The summed E-state index contributed by atoms with van der Waals surface area (Å²) >= 11 is 5.82. The van der Waals surface area contributed by atoms with Crippen LogP contribution in [0.15, 0.2) is 36.4 Å². The number of phenolic OH excluding ortho intramolecular Hbond substituents is 3. The second-order valence-corrected chi connectivity index (χ2v) is 4.61. The molecule has 0 saturated heterocycles. The van der Waals surface area contributed by atoms with E-state index in [1.54, 1.807) is 24.3 Å². The quantitative estimate of drug-likeness (QED) is 0.699. The molecule has 0 unspecified atom stereocenters. The van der Waals surface area contributed by atoms with Gasteiger partial charge in [-0.1, -0.05) is 23.7 Å². The molecule has 0 heterocycles. The maximum Gasteiger partial charge on any atom is 0.259 e. The highest BCUT2D eigenvalue weighted by Gasteiger charge is 2.17. The third kappa shape index (κ3) is 3.13. The zero-order valence-corrected chi connectivity index (χ0v) is 11.1. The Morgan fingerprint density at radius 1 is 1.10 bits per heavy atom. The third-order valence-electron chi connectivity index (χ3n) is 2.65. The lowest BCUT2D eigenvalue weighted by molar-refractivity contribution is 0.0945. The van der Waals surface area contributed by atoms with E-state index in [9.17, 15) is 20.1 Å². The van der Waals surface area contributed by atoms with Crippen LogP contribution < -0.4 is 5.32 Å². The zero-order chi connectivity index (χ0) is 14.7. The van der Waals surface area contributed by atoms with Gasteiger partial charge < -0.3 is 20.6 Å². The standard InChI is InChI=1S/C14H12ClNO4/c15-9-3-1-2-8(4-9)7-16-14(20)13-11(18)5-10(17)6-12(13)19/h1-6,17-19H,7H2,(H,16,20). The maximum atomic E-state index is 11.9. The number of halogens is 1. The van der Waals surface area contributed by atoms with Gasteiger partial charge in [0, 0.05) is 23.7 Å². The first kappa shape index (κ1) is 14.0. The Labute approximate surface area is 120 Å². The van der Waals surface area contributed by atoms with Crippen molar-refractivity contribution in [1.29, 1.82) is 0 Å². The molecule has 1 amide bonds. The van der Waals surface area contributed by atoms with Gasteiger partial charge in [-0.2, -0.15) is 0 Å². The van der Waals surface area contributed by atoms with Gasteiger partial charge in [0.1, 0.15) is 22.8 Å². The molecule has 0 aliphatic rings. The van der Waals surface area contributed by atoms with Crippen LogP contribution in [0.1, 0.15) is 15.9 Å². The molecule has 4 N–H and O–H groups in total. The third-order valence-corrected chi connectivity index (χ3v) is 2.89. The van der Waals surface area contributed by atoms with Crippen LogP contribution in [0.3, 0.4) is 0 Å². The van der Waals surface area contributed by atoms with E-state index in [1.807, 2.05) is 0 Å². The maximum absolute atomic E-state index is 11.9. The molecule has 2 rings (SSSR count). The van der Waals surface area contributed by atoms with Crippen molar-refractivity contribution >= 4 is 17.5 Å². The molecule has 2 aromatic carbocycles. The molecule has 0 saturated carbocycles. The molecule has 6 heteroatoms. The van der Waals surface area contributed by atoms with Crippen LogP contribution in [0.5, 0.6) is 17.2 Å². The molecule has 0 fully saturated rings. The highest BCUT2D eigenvalue weighted by Crippen LogP contribution is 2.31. The second kappa shape index (κ2) is 5.71. The van der Waals surface area contributed by atoms with Crippen molar-refractivity contribution in [1.82, 2.24) is 5.32 Å². The average molecular weight is 294 g/mol. The van der Waals surface area contributed by atoms with Crippen LogP contribution in [0.25, 0.3) is 0 Å². The molecule has 104 valence electrons. The molecule has 0 atom stereocenters. The lowest BCUT2D eigenvalue weighted by Gasteiger charge is -2.09. The lowest BCUT2D eigenvalue weighted by Crippen LogP contribution is -2.23. The summed E-state index contributed by atoms with van der Waals surface area (Å²) in [6.45, 7) is 0.194. The van der Waals surface area contributed by atoms with Gasteiger partial charge in [-0.25, -0.2) is 0 Å². The van der Waals surface area contributed by atoms with E-state index in [-0.39, 0.29) is 17.9 Å². The normalized spacial score (nSPS) is 10.2. The predicted molar refractivity (Wildman–Crippen MR) is 74.1 cm³/mol. The van der Waals surface area contributed by atoms with Crippen LogP contribution in [0.4, 0.5) is 0 Å². The number of carbonyl (C=O) groups is 1. The van der Waals surface area contributed by atoms with Crippen molar-refractivity contribution in [2.45, 2.75) is 6.54 Å². The molecule has 0 bridgehead atoms. The molecule has 0 aromatic heterocycles. The first-order valence-corrected chi connectivity index (χ1v) is 6.13. The van der Waals surface area contributed by atoms with Gasteiger partial charge in [-0.05, 0) is 17.7 Å². The topological polar surface area (TPSA) is 89.8 Å². The van der Waals surface area contributed by atoms with E-state index in [0.717, 1.165) is 17.7 Å². The SMILES string of the molecule is O=C(NCc1cccc(Cl)c1)c1c(O)cc(O)cc1O. The Morgan fingerprint density at radius 2 is 1.75 bits per heavy atom. The summed E-state index contributed by atoms with van der Waals surface area (Å²) in [6, 6.07) is 8.90. The summed E-state index contributed by atoms with van der Waals surface area (Å²) in [5.74, 6) is -1.97. The molecule has 0 spiro atoms. The number of hydrogen-bond donors (Lipinski definition) is 4. The first-order chi connectivity index (χ1) is 9.47. The van der Waals surface area contributed by atoms with E-state index in [1.165, 1.54) is 0 Å². The monoisotopic (exact) mass is 293 g/mol. The van der Waals surface area contributed by atoms with E-state index in [2.05, 4.69) is 5.32 Å². The Bertz CT molecular complexity index is 634. The van der Waals surface area contributed by atoms with Crippen LogP contribution >= 0.6 is 11.6 Å². The largest absolute Gasteiger partial charge is 0.508 e. The molecule has 2 aromatic rings. The number of hydrogen-bond acceptors (Lipinski definition) is 4. The summed E-state index contributed by atoms with van der Waals surface area (Å²) in [5, 5.41) is 31.4. The molecule has 0 aliphatic heterocycles. The van der Waals surface area contributed by atoms with E-state index in [4.69, 9.17) is 11.6 Å². The van der Waals surface area contributed by atoms with E-state index in [0.29, 0.717) is 5.02 Å². The fourth-order valence-corrected chi connectivity index (χ4v) is 1.96. The number of nitrogens with one attached hydrogen (secondary N) is 1. The van der Waals surface area contributed by atoms with Gasteiger partial charge in [0.15, 0.2) is 0 Å². The fourth-order valence-electron chi connectivity index (χ4n) is 1.75. The van der Waals surface area contributed by atoms with E-state index >= 15 is 0 Å². The molecule has 5 nitrogen and oxygen atoms in total. The van der Waals surface area contributed by atoms with Crippen LogP contribution in [0, 0.1) is 0 Å². The van der Waals surface area contributed by atoms with Gasteiger partial charge in [-0.15, -0.1) is 0 Å². The Hall–Kier alpha value is -2.40. The summed E-state index contributed by atoms with van der Waals surface area (Å²) < 4.78 is 0. The Kier molecular flexibility index (Phi) is 4.00. The Balaban J connectivity index is 2.13. The number of rotatable bonds is 3. The highest BCUT2D eigenvalue weighted by molar-refractivity contribution is 6.30. The number of benzene rings is 2. The minimum Gasteiger partial charge on any atom is -0.508 e. The molecular weight excluding hydrogens is 282 g/mol. The van der Waals surface area contributed by atoms with Gasteiger partial charge >= 0.3 is 0 Å². The summed E-state index contributed by atoms with van der Waals surface area (Å²) in [4.78, 5) is 11.9. The minimum atomic E-state index is -0.653. The molecular formula is C14H12ClNO4. The molecule has 0 radical (unpaired) electrons. The Morgan fingerprint density at radius 3 is 2.35 bits per heavy atom. The van der Waals surface area contributed by atoms with Crippen LogP contribution in [0.2, 0.25) is 5.02 Å². The van der Waals surface area contributed by atoms with Crippen molar-refractivity contribution in [3.8, 4) is 17.2 Å². The van der Waals surface area contributed by atoms with Crippen molar-refractivity contribution in [3.63, 3.8) is 0 Å². The predicted octanol–water partition coefficient (Wildman–Crippen LogP) is 2.39. The van der Waals surface area contributed by atoms with Crippen molar-refractivity contribution in [2.24, 2.45) is 0 Å². The average Bonchev–Trinajstić information content (AvgIpc) is 2.35. The van der Waals surface area contributed by atoms with Crippen molar-refractivity contribution in [3.05, 3.63) is 52.5 Å². The van der Waals surface area contributed by atoms with E-state index < -0.39 is 17.4 Å². The summed E-state index contributed by atoms with van der Waals surface area (Å²) in [5.41, 5.74) is 0.494. The zero-order valence-electron chi connectivity index (χ0n) is 10.3. The number of carbonyl (C=O) groups excluding carboxylic acids is 1. The van der Waals surface area contributed by atoms with Gasteiger partial charge in [0.2, 0.25) is 0 Å². The second-order valence-electron chi connectivity index (χ2n) is 4.17. The van der Waals surface area contributed by atoms with Crippen molar-refractivity contribution < 1.29 is 20.1 Å². The molecule has 0 aliphatic carbocycles. The molecule has 20 heavy (non-hydrogen) atoms. The fraction of sp³-hybridized carbons (Fsp3) is 0.0714. The van der Waals surface area contributed by atoms with Gasteiger partial charge in [-0.3, -0.25) is 4.79 Å². The highest BCUT2D eigenvalue weighted by atomic mass is 35.5. The summed E-state index contributed by atoms with van der Waals surface area (Å²) in [7, 11) is 0. The van der Waals surface area contributed by atoms with Gasteiger partial charge in [0.25, 0.3) is 5.91 Å². The van der Waals surface area contributed by atoms with Crippen molar-refractivity contribution in [2.75, 3.05) is 0 Å².